The Morgan fingerprint density at radius 2 is 2.00 bits per heavy atom. The number of carbonyl (C=O) groups excluding carboxylic acids is 1. The number of rotatable bonds is 3. The summed E-state index contributed by atoms with van der Waals surface area (Å²) in [6.07, 6.45) is 0. The van der Waals surface area contributed by atoms with Crippen LogP contribution in [-0.2, 0) is 11.3 Å². The van der Waals surface area contributed by atoms with Gasteiger partial charge in [-0.1, -0.05) is 24.3 Å². The van der Waals surface area contributed by atoms with Gasteiger partial charge in [-0.2, -0.15) is 0 Å². The molecule has 3 heterocycles. The molecule has 1 aromatic carbocycles. The van der Waals surface area contributed by atoms with E-state index in [2.05, 4.69) is 40.0 Å². The number of hydrogen-bond acceptors (Lipinski definition) is 4. The van der Waals surface area contributed by atoms with Crippen LogP contribution in [0.1, 0.15) is 35.6 Å². The van der Waals surface area contributed by atoms with Gasteiger partial charge in [0.05, 0.1) is 11.7 Å². The minimum Gasteiger partial charge on any atom is -0.335 e. The van der Waals surface area contributed by atoms with E-state index in [1.54, 1.807) is 13.0 Å². The number of fused-ring (bicyclic) bond motifs is 1. The summed E-state index contributed by atoms with van der Waals surface area (Å²) in [6.45, 7) is 8.94. The van der Waals surface area contributed by atoms with Crippen LogP contribution in [0.15, 0.2) is 35.1 Å². The maximum absolute atomic E-state index is 12.3. The first-order chi connectivity index (χ1) is 12.9. The standard InChI is InChI=1S/C21H26N4O2/c1-13-6-4-5-7-18(13)21-19-12-24(9-16(19)10-25(21)15(3)26)11-17-8-20(27)23-14(2)22-17/h4-8,16,19,21H,9-12H2,1-3H3,(H,22,23,27)/t16-,19-,21+/m1/s1. The topological polar surface area (TPSA) is 69.3 Å². The summed E-state index contributed by atoms with van der Waals surface area (Å²) in [7, 11) is 0. The van der Waals surface area contributed by atoms with Gasteiger partial charge in [0.15, 0.2) is 0 Å². The summed E-state index contributed by atoms with van der Waals surface area (Å²) in [5, 5.41) is 0. The summed E-state index contributed by atoms with van der Waals surface area (Å²) in [5.41, 5.74) is 3.21. The summed E-state index contributed by atoms with van der Waals surface area (Å²) in [5.74, 6) is 1.67. The molecule has 4 rings (SSSR count). The third-order valence-electron chi connectivity index (χ3n) is 5.95. The molecule has 2 aromatic rings. The molecule has 2 fully saturated rings. The number of benzene rings is 1. The Balaban J connectivity index is 1.58. The molecule has 0 saturated carbocycles. The van der Waals surface area contributed by atoms with Gasteiger partial charge in [-0.3, -0.25) is 14.5 Å². The molecule has 2 saturated heterocycles. The highest BCUT2D eigenvalue weighted by Gasteiger charge is 2.48. The lowest BCUT2D eigenvalue weighted by molar-refractivity contribution is -0.130. The van der Waals surface area contributed by atoms with Crippen molar-refractivity contribution in [2.75, 3.05) is 19.6 Å². The van der Waals surface area contributed by atoms with Crippen molar-refractivity contribution in [1.29, 1.82) is 0 Å². The van der Waals surface area contributed by atoms with Crippen LogP contribution in [0.3, 0.4) is 0 Å². The molecule has 6 nitrogen and oxygen atoms in total. The predicted octanol–water partition coefficient (Wildman–Crippen LogP) is 2.04. The lowest BCUT2D eigenvalue weighted by Gasteiger charge is -2.30. The van der Waals surface area contributed by atoms with Crippen molar-refractivity contribution in [2.45, 2.75) is 33.4 Å². The Morgan fingerprint density at radius 3 is 2.70 bits per heavy atom. The molecule has 1 amide bonds. The van der Waals surface area contributed by atoms with Crippen molar-refractivity contribution in [2.24, 2.45) is 11.8 Å². The number of nitrogens with one attached hydrogen (secondary N) is 1. The highest BCUT2D eigenvalue weighted by molar-refractivity contribution is 5.74. The van der Waals surface area contributed by atoms with E-state index in [0.717, 1.165) is 25.3 Å². The smallest absolute Gasteiger partial charge is 0.251 e. The fourth-order valence-corrected chi connectivity index (χ4v) is 4.86. The number of likely N-dealkylation sites (tertiary alicyclic amines) is 2. The number of aromatic nitrogens is 2. The summed E-state index contributed by atoms with van der Waals surface area (Å²) in [4.78, 5) is 35.6. The monoisotopic (exact) mass is 366 g/mol. The second-order valence-corrected chi connectivity index (χ2v) is 7.91. The van der Waals surface area contributed by atoms with E-state index in [4.69, 9.17) is 0 Å². The van der Waals surface area contributed by atoms with E-state index in [1.165, 1.54) is 11.1 Å². The van der Waals surface area contributed by atoms with Crippen LogP contribution < -0.4 is 5.56 Å². The number of aromatic amines is 1. The zero-order chi connectivity index (χ0) is 19.1. The van der Waals surface area contributed by atoms with E-state index >= 15 is 0 Å². The number of amides is 1. The molecule has 6 heteroatoms. The number of nitrogens with zero attached hydrogens (tertiary/aromatic N) is 3. The second kappa shape index (κ2) is 6.93. The van der Waals surface area contributed by atoms with Gasteiger partial charge in [-0.15, -0.1) is 0 Å². The summed E-state index contributed by atoms with van der Waals surface area (Å²) < 4.78 is 0. The van der Waals surface area contributed by atoms with E-state index in [9.17, 15) is 9.59 Å². The van der Waals surface area contributed by atoms with Gasteiger partial charge in [-0.05, 0) is 30.9 Å². The van der Waals surface area contributed by atoms with E-state index in [1.807, 2.05) is 17.9 Å². The van der Waals surface area contributed by atoms with Crippen molar-refractivity contribution >= 4 is 5.91 Å². The molecule has 0 unspecified atom stereocenters. The maximum Gasteiger partial charge on any atom is 0.251 e. The molecule has 0 spiro atoms. The number of H-pyrrole nitrogens is 1. The largest absolute Gasteiger partial charge is 0.335 e. The molecule has 0 bridgehead atoms. The minimum absolute atomic E-state index is 0.0996. The number of hydrogen-bond donors (Lipinski definition) is 1. The molecule has 142 valence electrons. The fraction of sp³-hybridized carbons (Fsp3) is 0.476. The quantitative estimate of drug-likeness (QED) is 0.903. The van der Waals surface area contributed by atoms with Gasteiger partial charge in [0.25, 0.3) is 5.56 Å². The van der Waals surface area contributed by atoms with E-state index in [0.29, 0.717) is 24.2 Å². The molecule has 3 atom stereocenters. The zero-order valence-electron chi connectivity index (χ0n) is 16.1. The van der Waals surface area contributed by atoms with Gasteiger partial charge >= 0.3 is 0 Å². The van der Waals surface area contributed by atoms with Gasteiger partial charge in [0, 0.05) is 45.1 Å². The third kappa shape index (κ3) is 3.41. The average Bonchev–Trinajstić information content (AvgIpc) is 3.11. The Morgan fingerprint density at radius 1 is 1.22 bits per heavy atom. The van der Waals surface area contributed by atoms with Gasteiger partial charge < -0.3 is 9.88 Å². The molecule has 0 radical (unpaired) electrons. The van der Waals surface area contributed by atoms with Crippen molar-refractivity contribution in [3.05, 3.63) is 63.3 Å². The maximum atomic E-state index is 12.3. The molecule has 2 aliphatic rings. The highest BCUT2D eigenvalue weighted by atomic mass is 16.2. The highest BCUT2D eigenvalue weighted by Crippen LogP contribution is 2.45. The average molecular weight is 366 g/mol. The molecular weight excluding hydrogens is 340 g/mol. The van der Waals surface area contributed by atoms with Gasteiger partial charge in [-0.25, -0.2) is 4.98 Å². The number of aryl methyl sites for hydroxylation is 2. The normalized spacial score (nSPS) is 25.0. The Bertz CT molecular complexity index is 922. The summed E-state index contributed by atoms with van der Waals surface area (Å²) in [6, 6.07) is 10.1. The SMILES string of the molecule is CC(=O)N1C[C@H]2CN(Cc3cc(=O)[nH]c(C)n3)C[C@H]2[C@@H]1c1ccccc1C. The second-order valence-electron chi connectivity index (χ2n) is 7.91. The fourth-order valence-electron chi connectivity index (χ4n) is 4.86. The Hall–Kier alpha value is -2.47. The van der Waals surface area contributed by atoms with Crippen LogP contribution in [-0.4, -0.2) is 45.3 Å². The van der Waals surface area contributed by atoms with E-state index < -0.39 is 0 Å². The van der Waals surface area contributed by atoms with Crippen molar-refractivity contribution in [1.82, 2.24) is 19.8 Å². The van der Waals surface area contributed by atoms with Crippen LogP contribution in [0.2, 0.25) is 0 Å². The Kier molecular flexibility index (Phi) is 4.60. The minimum atomic E-state index is -0.0996. The molecule has 1 N–H and O–H groups in total. The summed E-state index contributed by atoms with van der Waals surface area (Å²) >= 11 is 0. The van der Waals surface area contributed by atoms with Crippen molar-refractivity contribution in [3.63, 3.8) is 0 Å². The first-order valence-electron chi connectivity index (χ1n) is 9.54. The van der Waals surface area contributed by atoms with Crippen LogP contribution in [0.4, 0.5) is 0 Å². The lowest BCUT2D eigenvalue weighted by atomic mass is 9.87. The Labute approximate surface area is 159 Å². The predicted molar refractivity (Wildman–Crippen MR) is 103 cm³/mol. The van der Waals surface area contributed by atoms with Crippen molar-refractivity contribution in [3.8, 4) is 0 Å². The molecule has 2 aliphatic heterocycles. The third-order valence-corrected chi connectivity index (χ3v) is 5.95. The molecular formula is C21H26N4O2. The molecule has 0 aliphatic carbocycles. The van der Waals surface area contributed by atoms with Gasteiger partial charge in [0.2, 0.25) is 5.91 Å². The molecule has 27 heavy (non-hydrogen) atoms. The first-order valence-corrected chi connectivity index (χ1v) is 9.54. The molecule has 1 aromatic heterocycles. The van der Waals surface area contributed by atoms with Gasteiger partial charge in [0.1, 0.15) is 5.82 Å². The lowest BCUT2D eigenvalue weighted by Crippen LogP contribution is -2.34. The van der Waals surface area contributed by atoms with Crippen LogP contribution in [0.25, 0.3) is 0 Å². The zero-order valence-corrected chi connectivity index (χ0v) is 16.1. The van der Waals surface area contributed by atoms with Crippen LogP contribution in [0, 0.1) is 25.7 Å². The van der Waals surface area contributed by atoms with E-state index in [-0.39, 0.29) is 17.5 Å². The van der Waals surface area contributed by atoms with Crippen LogP contribution in [0.5, 0.6) is 0 Å². The van der Waals surface area contributed by atoms with Crippen molar-refractivity contribution < 1.29 is 4.79 Å². The first kappa shape index (κ1) is 17.9. The van der Waals surface area contributed by atoms with Crippen LogP contribution >= 0.6 is 0 Å². The number of carbonyl (C=O) groups is 1.